The maximum Gasteiger partial charge on any atom is 0.155 e. The smallest absolute Gasteiger partial charge is 0.155 e. The molecule has 2 heterocycles. The van der Waals surface area contributed by atoms with Crippen molar-refractivity contribution in [1.82, 2.24) is 9.97 Å². The molecular weight excluding hydrogens is 192 g/mol. The summed E-state index contributed by atoms with van der Waals surface area (Å²) in [4.78, 5) is 10.3. The molecule has 15 heavy (non-hydrogen) atoms. The second kappa shape index (κ2) is 4.02. The fourth-order valence-electron chi connectivity index (χ4n) is 1.77. The van der Waals surface area contributed by atoms with E-state index < -0.39 is 0 Å². The molecule has 0 saturated carbocycles. The normalized spacial score (nSPS) is 26.7. The summed E-state index contributed by atoms with van der Waals surface area (Å²) in [7, 11) is 0. The van der Waals surface area contributed by atoms with Crippen LogP contribution in [-0.4, -0.2) is 35.3 Å². The van der Waals surface area contributed by atoms with E-state index in [1.807, 2.05) is 0 Å². The van der Waals surface area contributed by atoms with Crippen molar-refractivity contribution >= 4 is 11.5 Å². The summed E-state index contributed by atoms with van der Waals surface area (Å²) in [5.41, 5.74) is 6.48. The van der Waals surface area contributed by atoms with Crippen LogP contribution in [0.25, 0.3) is 0 Å². The number of anilines is 2. The highest BCUT2D eigenvalue weighted by atomic mass is 16.5. The predicted molar refractivity (Wildman–Crippen MR) is 58.7 cm³/mol. The minimum Gasteiger partial charge on any atom is -0.394 e. The van der Waals surface area contributed by atoms with Crippen molar-refractivity contribution in [3.8, 4) is 0 Å². The van der Waals surface area contributed by atoms with Crippen molar-refractivity contribution in [2.45, 2.75) is 26.0 Å². The van der Waals surface area contributed by atoms with Crippen LogP contribution in [0.2, 0.25) is 0 Å². The van der Waals surface area contributed by atoms with E-state index in [1.54, 1.807) is 6.20 Å². The van der Waals surface area contributed by atoms with Gasteiger partial charge in [-0.3, -0.25) is 0 Å². The molecule has 1 saturated heterocycles. The van der Waals surface area contributed by atoms with E-state index in [1.165, 1.54) is 6.33 Å². The number of hydrogen-bond donors (Lipinski definition) is 1. The number of ether oxygens (including phenoxy) is 1. The van der Waals surface area contributed by atoms with Gasteiger partial charge in [-0.1, -0.05) is 0 Å². The monoisotopic (exact) mass is 208 g/mol. The van der Waals surface area contributed by atoms with Crippen LogP contribution in [-0.2, 0) is 4.74 Å². The molecule has 5 nitrogen and oxygen atoms in total. The molecule has 1 aromatic heterocycles. The second-order valence-electron chi connectivity index (χ2n) is 3.95. The lowest BCUT2D eigenvalue weighted by Gasteiger charge is -2.37. The molecule has 2 atom stereocenters. The van der Waals surface area contributed by atoms with Crippen molar-refractivity contribution in [1.29, 1.82) is 0 Å². The van der Waals surface area contributed by atoms with Gasteiger partial charge in [-0.25, -0.2) is 9.97 Å². The van der Waals surface area contributed by atoms with Crippen LogP contribution < -0.4 is 10.6 Å². The Morgan fingerprint density at radius 1 is 1.53 bits per heavy atom. The molecule has 0 spiro atoms. The molecule has 82 valence electrons. The lowest BCUT2D eigenvalue weighted by molar-refractivity contribution is 0.0341. The Morgan fingerprint density at radius 3 is 3.07 bits per heavy atom. The van der Waals surface area contributed by atoms with Crippen LogP contribution in [0.15, 0.2) is 12.5 Å². The third-order valence-corrected chi connectivity index (χ3v) is 2.60. The molecule has 2 N–H and O–H groups in total. The second-order valence-corrected chi connectivity index (χ2v) is 3.95. The first-order valence-corrected chi connectivity index (χ1v) is 5.12. The summed E-state index contributed by atoms with van der Waals surface area (Å²) >= 11 is 0. The standard InChI is InChI=1S/C10H16N4O/c1-7-5-15-8(2)4-14(7)10-9(11)3-12-6-13-10/h3,6-8H,4-5,11H2,1-2H3. The van der Waals surface area contributed by atoms with Gasteiger partial charge in [0.2, 0.25) is 0 Å². The lowest BCUT2D eigenvalue weighted by atomic mass is 10.2. The predicted octanol–water partition coefficient (Wildman–Crippen LogP) is 0.672. The summed E-state index contributed by atoms with van der Waals surface area (Å²) in [6.45, 7) is 5.69. The van der Waals surface area contributed by atoms with Crippen LogP contribution in [0.3, 0.4) is 0 Å². The first-order valence-electron chi connectivity index (χ1n) is 5.12. The highest BCUT2D eigenvalue weighted by molar-refractivity contribution is 5.61. The van der Waals surface area contributed by atoms with E-state index in [-0.39, 0.29) is 6.10 Å². The van der Waals surface area contributed by atoms with Gasteiger partial charge in [-0.2, -0.15) is 0 Å². The highest BCUT2D eigenvalue weighted by Gasteiger charge is 2.25. The number of rotatable bonds is 1. The maximum absolute atomic E-state index is 5.85. The van der Waals surface area contributed by atoms with Crippen molar-refractivity contribution in [3.63, 3.8) is 0 Å². The Morgan fingerprint density at radius 2 is 2.33 bits per heavy atom. The SMILES string of the molecule is CC1CN(c2ncncc2N)C(C)CO1. The average molecular weight is 208 g/mol. The molecule has 1 aliphatic heterocycles. The summed E-state index contributed by atoms with van der Waals surface area (Å²) in [6, 6.07) is 0.304. The molecule has 0 aromatic carbocycles. The number of morpholine rings is 1. The zero-order valence-electron chi connectivity index (χ0n) is 9.05. The quantitative estimate of drug-likeness (QED) is 0.735. The zero-order chi connectivity index (χ0) is 10.8. The van der Waals surface area contributed by atoms with E-state index >= 15 is 0 Å². The number of nitrogens with two attached hydrogens (primary N) is 1. The van der Waals surface area contributed by atoms with Crippen LogP contribution in [0, 0.1) is 0 Å². The molecule has 0 bridgehead atoms. The van der Waals surface area contributed by atoms with Crippen molar-refractivity contribution in [2.75, 3.05) is 23.8 Å². The first-order chi connectivity index (χ1) is 7.18. The van der Waals surface area contributed by atoms with Crippen LogP contribution >= 0.6 is 0 Å². The third kappa shape index (κ3) is 2.02. The molecule has 0 aliphatic carbocycles. The number of nitrogens with zero attached hydrogens (tertiary/aromatic N) is 3. The van der Waals surface area contributed by atoms with E-state index in [9.17, 15) is 0 Å². The number of hydrogen-bond acceptors (Lipinski definition) is 5. The Kier molecular flexibility index (Phi) is 2.73. The first kappa shape index (κ1) is 10.2. The van der Waals surface area contributed by atoms with Gasteiger partial charge in [0.05, 0.1) is 30.6 Å². The van der Waals surface area contributed by atoms with Gasteiger partial charge in [0.25, 0.3) is 0 Å². The molecular formula is C10H16N4O. The lowest BCUT2D eigenvalue weighted by Crippen LogP contribution is -2.48. The van der Waals surface area contributed by atoms with Crippen molar-refractivity contribution in [2.24, 2.45) is 0 Å². The molecule has 5 heteroatoms. The molecule has 0 amide bonds. The van der Waals surface area contributed by atoms with Gasteiger partial charge in [-0.15, -0.1) is 0 Å². The minimum absolute atomic E-state index is 0.218. The molecule has 1 fully saturated rings. The highest BCUT2D eigenvalue weighted by Crippen LogP contribution is 2.23. The fraction of sp³-hybridized carbons (Fsp3) is 0.600. The number of aromatic nitrogens is 2. The fourth-order valence-corrected chi connectivity index (χ4v) is 1.77. The summed E-state index contributed by atoms with van der Waals surface area (Å²) in [5, 5.41) is 0. The van der Waals surface area contributed by atoms with Gasteiger partial charge >= 0.3 is 0 Å². The van der Waals surface area contributed by atoms with Crippen LogP contribution in [0.5, 0.6) is 0 Å². The average Bonchev–Trinajstić information content (AvgIpc) is 2.23. The van der Waals surface area contributed by atoms with E-state index in [4.69, 9.17) is 10.5 Å². The Hall–Kier alpha value is -1.36. The van der Waals surface area contributed by atoms with Crippen LogP contribution in [0.4, 0.5) is 11.5 Å². The summed E-state index contributed by atoms with van der Waals surface area (Å²) in [5.74, 6) is 0.813. The Bertz CT molecular complexity index is 344. The van der Waals surface area contributed by atoms with Gasteiger partial charge in [0.1, 0.15) is 6.33 Å². The minimum atomic E-state index is 0.218. The third-order valence-electron chi connectivity index (χ3n) is 2.60. The van der Waals surface area contributed by atoms with Gasteiger partial charge in [0.15, 0.2) is 5.82 Å². The van der Waals surface area contributed by atoms with Crippen LogP contribution in [0.1, 0.15) is 13.8 Å². The van der Waals surface area contributed by atoms with E-state index in [2.05, 4.69) is 28.7 Å². The van der Waals surface area contributed by atoms with Crippen molar-refractivity contribution < 1.29 is 4.74 Å². The summed E-state index contributed by atoms with van der Waals surface area (Å²) in [6.07, 6.45) is 3.38. The van der Waals surface area contributed by atoms with Gasteiger partial charge < -0.3 is 15.4 Å². The van der Waals surface area contributed by atoms with Gasteiger partial charge in [0, 0.05) is 6.54 Å². The maximum atomic E-state index is 5.85. The number of nitrogen functional groups attached to an aromatic ring is 1. The van der Waals surface area contributed by atoms with Gasteiger partial charge in [-0.05, 0) is 13.8 Å². The Labute approximate surface area is 89.3 Å². The van der Waals surface area contributed by atoms with E-state index in [0.717, 1.165) is 12.4 Å². The largest absolute Gasteiger partial charge is 0.394 e. The molecule has 1 aromatic rings. The molecule has 0 radical (unpaired) electrons. The topological polar surface area (TPSA) is 64.3 Å². The van der Waals surface area contributed by atoms with Crippen molar-refractivity contribution in [3.05, 3.63) is 12.5 Å². The summed E-state index contributed by atoms with van der Waals surface area (Å²) < 4.78 is 5.56. The van der Waals surface area contributed by atoms with E-state index in [0.29, 0.717) is 18.3 Å². The Balaban J connectivity index is 2.25. The molecule has 1 aliphatic rings. The zero-order valence-corrected chi connectivity index (χ0v) is 9.05. The molecule has 2 rings (SSSR count). The molecule has 2 unspecified atom stereocenters.